The summed E-state index contributed by atoms with van der Waals surface area (Å²) >= 11 is 0. The van der Waals surface area contributed by atoms with E-state index in [1.54, 1.807) is 0 Å². The fraction of sp³-hybridized carbons (Fsp3) is 0.133. The molecule has 10 rings (SSSR count). The Hall–Kier alpha value is -7.16. The van der Waals surface area contributed by atoms with Crippen LogP contribution >= 0.6 is 0 Å². The molecule has 2 unspecified atom stereocenters. The van der Waals surface area contributed by atoms with Crippen molar-refractivity contribution in [3.63, 3.8) is 0 Å². The van der Waals surface area contributed by atoms with Crippen molar-refractivity contribution in [3.8, 4) is 11.1 Å². The number of hydrogen-bond acceptors (Lipinski definition) is 2. The Kier molecular flexibility index (Phi) is 11.2. The second kappa shape index (κ2) is 17.8. The monoisotopic (exact) mass is 800 g/mol. The van der Waals surface area contributed by atoms with Gasteiger partial charge < -0.3 is 9.80 Å². The van der Waals surface area contributed by atoms with E-state index in [1.807, 2.05) is 0 Å². The van der Waals surface area contributed by atoms with E-state index in [4.69, 9.17) is 0 Å². The SMILES string of the molecule is CC1/C=C\C=C/C2=C(c3ccc(N(C4=CCCC=C4)c4ccc(/C=C/c5ccc(N(C6=CCCC=C6)c6ccc(-c7cccc8ccccc78)cc6)cc5)cc4)cc3)C=CC1C2. The molecule has 0 N–H and O–H groups in total. The fourth-order valence-corrected chi connectivity index (χ4v) is 9.26. The van der Waals surface area contributed by atoms with Crippen molar-refractivity contribution in [1.29, 1.82) is 0 Å². The number of fused-ring (bicyclic) bond motifs is 3. The molecule has 6 aromatic rings. The zero-order chi connectivity index (χ0) is 41.7. The molecule has 2 bridgehead atoms. The number of allylic oxidation sites excluding steroid dienone is 14. The molecule has 0 amide bonds. The highest BCUT2D eigenvalue weighted by Gasteiger charge is 2.22. The highest BCUT2D eigenvalue weighted by atomic mass is 15.2. The fourth-order valence-electron chi connectivity index (χ4n) is 9.26. The lowest BCUT2D eigenvalue weighted by Gasteiger charge is -2.28. The Labute approximate surface area is 367 Å². The first-order valence-corrected chi connectivity index (χ1v) is 22.3. The second-order valence-electron chi connectivity index (χ2n) is 16.8. The van der Waals surface area contributed by atoms with Crippen LogP contribution in [0, 0.1) is 11.8 Å². The van der Waals surface area contributed by atoms with Crippen LogP contribution in [0.4, 0.5) is 22.7 Å². The normalized spacial score (nSPS) is 19.2. The Morgan fingerprint density at radius 2 is 1.03 bits per heavy atom. The number of benzene rings is 6. The van der Waals surface area contributed by atoms with Crippen molar-refractivity contribution in [2.75, 3.05) is 9.80 Å². The maximum absolute atomic E-state index is 2.41. The summed E-state index contributed by atoms with van der Waals surface area (Å²) in [6, 6.07) is 51.2. The molecule has 0 saturated carbocycles. The van der Waals surface area contributed by atoms with Crippen molar-refractivity contribution >= 4 is 51.2 Å². The lowest BCUT2D eigenvalue weighted by Crippen LogP contribution is -2.16. The van der Waals surface area contributed by atoms with Crippen LogP contribution < -0.4 is 9.80 Å². The second-order valence-corrected chi connectivity index (χ2v) is 16.8. The molecule has 2 atom stereocenters. The summed E-state index contributed by atoms with van der Waals surface area (Å²) in [7, 11) is 0. The van der Waals surface area contributed by atoms with E-state index in [1.165, 1.54) is 55.6 Å². The first-order valence-electron chi connectivity index (χ1n) is 22.3. The van der Waals surface area contributed by atoms with Gasteiger partial charge in [-0.25, -0.2) is 0 Å². The van der Waals surface area contributed by atoms with Crippen LogP contribution in [0.15, 0.2) is 229 Å². The summed E-state index contributed by atoms with van der Waals surface area (Å²) in [5.74, 6) is 1.11. The van der Waals surface area contributed by atoms with E-state index in [-0.39, 0.29) is 0 Å². The Morgan fingerprint density at radius 1 is 0.484 bits per heavy atom. The standard InChI is InChI=1S/C60H52N2/c1-44-13-8-9-15-51-43-50(44)33-42-58(51)48-29-38-56(39-30-48)61(52-17-4-2-5-18-52)54-34-25-45(26-35-54)23-24-46-27-36-55(37-28-46)62(53-19-6-3-7-20-53)57-40-31-49(32-41-57)60-22-12-16-47-14-10-11-21-59(47)60/h4,6,8-42,44,50H,2-3,5,7,43H2,1H3/b13-8-,15-9-,24-23+. The van der Waals surface area contributed by atoms with Gasteiger partial charge >= 0.3 is 0 Å². The molecule has 0 fully saturated rings. The van der Waals surface area contributed by atoms with E-state index < -0.39 is 0 Å². The first kappa shape index (κ1) is 39.0. The van der Waals surface area contributed by atoms with Gasteiger partial charge in [0, 0.05) is 34.1 Å². The molecule has 0 aliphatic heterocycles. The van der Waals surface area contributed by atoms with Gasteiger partial charge in [-0.15, -0.1) is 0 Å². The summed E-state index contributed by atoms with van der Waals surface area (Å²) in [6.07, 6.45) is 37.3. The predicted octanol–water partition coefficient (Wildman–Crippen LogP) is 16.5. The first-order chi connectivity index (χ1) is 30.6. The molecular formula is C60H52N2. The van der Waals surface area contributed by atoms with Gasteiger partial charge in [0.2, 0.25) is 0 Å². The summed E-state index contributed by atoms with van der Waals surface area (Å²) in [4.78, 5) is 4.76. The molecule has 62 heavy (non-hydrogen) atoms. The minimum absolute atomic E-state index is 0.547. The van der Waals surface area contributed by atoms with Crippen LogP contribution in [0.1, 0.15) is 55.7 Å². The highest BCUT2D eigenvalue weighted by molar-refractivity contribution is 5.97. The molecule has 0 heterocycles. The average Bonchev–Trinajstić information content (AvgIpc) is 3.34. The topological polar surface area (TPSA) is 6.48 Å². The van der Waals surface area contributed by atoms with Crippen LogP contribution in [0.25, 0.3) is 39.6 Å². The summed E-state index contributed by atoms with van der Waals surface area (Å²) in [5, 5.41) is 2.54. The smallest absolute Gasteiger partial charge is 0.0461 e. The van der Waals surface area contributed by atoms with Crippen LogP contribution in [-0.2, 0) is 0 Å². The Balaban J connectivity index is 0.872. The van der Waals surface area contributed by atoms with Crippen molar-refractivity contribution in [2.24, 2.45) is 11.8 Å². The van der Waals surface area contributed by atoms with E-state index in [2.05, 4.69) is 241 Å². The van der Waals surface area contributed by atoms with Gasteiger partial charge in [0.05, 0.1) is 0 Å². The summed E-state index contributed by atoms with van der Waals surface area (Å²) < 4.78 is 0. The molecule has 0 spiro atoms. The van der Waals surface area contributed by atoms with Gasteiger partial charge in [-0.1, -0.05) is 171 Å². The molecule has 4 aliphatic carbocycles. The lowest BCUT2D eigenvalue weighted by molar-refractivity contribution is 0.507. The van der Waals surface area contributed by atoms with Crippen molar-refractivity contribution in [2.45, 2.75) is 39.0 Å². The predicted molar refractivity (Wildman–Crippen MR) is 266 cm³/mol. The quantitative estimate of drug-likeness (QED) is 0.127. The summed E-state index contributed by atoms with van der Waals surface area (Å²) in [6.45, 7) is 2.32. The minimum atomic E-state index is 0.547. The molecule has 0 radical (unpaired) electrons. The van der Waals surface area contributed by atoms with E-state index in [0.29, 0.717) is 11.8 Å². The van der Waals surface area contributed by atoms with Crippen molar-refractivity contribution in [1.82, 2.24) is 0 Å². The van der Waals surface area contributed by atoms with Crippen LogP contribution in [-0.4, -0.2) is 0 Å². The highest BCUT2D eigenvalue weighted by Crippen LogP contribution is 2.39. The molecule has 6 aromatic carbocycles. The van der Waals surface area contributed by atoms with E-state index in [9.17, 15) is 0 Å². The molecule has 4 aliphatic rings. The lowest BCUT2D eigenvalue weighted by atomic mass is 9.79. The zero-order valence-electron chi connectivity index (χ0n) is 35.4. The average molecular weight is 801 g/mol. The van der Waals surface area contributed by atoms with Gasteiger partial charge in [-0.05, 0) is 154 Å². The van der Waals surface area contributed by atoms with Gasteiger partial charge in [0.1, 0.15) is 0 Å². The molecule has 2 heteroatoms. The van der Waals surface area contributed by atoms with E-state index in [0.717, 1.165) is 60.4 Å². The molecule has 302 valence electrons. The number of anilines is 4. The van der Waals surface area contributed by atoms with Crippen molar-refractivity contribution in [3.05, 3.63) is 246 Å². The molecule has 0 saturated heterocycles. The van der Waals surface area contributed by atoms with Gasteiger partial charge in [-0.3, -0.25) is 0 Å². The molecule has 2 nitrogen and oxygen atoms in total. The maximum Gasteiger partial charge on any atom is 0.0461 e. The van der Waals surface area contributed by atoms with Crippen LogP contribution in [0.5, 0.6) is 0 Å². The maximum atomic E-state index is 2.41. The molecule has 0 aromatic heterocycles. The minimum Gasteiger partial charge on any atom is -0.311 e. The third-order valence-corrected chi connectivity index (χ3v) is 12.7. The van der Waals surface area contributed by atoms with Gasteiger partial charge in [-0.2, -0.15) is 0 Å². The zero-order valence-corrected chi connectivity index (χ0v) is 35.4. The van der Waals surface area contributed by atoms with Gasteiger partial charge in [0.25, 0.3) is 0 Å². The van der Waals surface area contributed by atoms with Crippen LogP contribution in [0.3, 0.4) is 0 Å². The van der Waals surface area contributed by atoms with E-state index >= 15 is 0 Å². The Morgan fingerprint density at radius 3 is 1.61 bits per heavy atom. The van der Waals surface area contributed by atoms with Gasteiger partial charge in [0.15, 0.2) is 0 Å². The Bertz CT molecular complexity index is 2850. The number of hydrogen-bond donors (Lipinski definition) is 0. The summed E-state index contributed by atoms with van der Waals surface area (Å²) in [5.41, 5.74) is 15.9. The molecular weight excluding hydrogens is 749 g/mol. The van der Waals surface area contributed by atoms with Crippen molar-refractivity contribution < 1.29 is 0 Å². The third-order valence-electron chi connectivity index (χ3n) is 12.7. The largest absolute Gasteiger partial charge is 0.311 e. The third kappa shape index (κ3) is 8.29. The van der Waals surface area contributed by atoms with Crippen LogP contribution in [0.2, 0.25) is 0 Å². The number of rotatable bonds is 10. The number of nitrogens with zero attached hydrogens (tertiary/aromatic N) is 2.